The van der Waals surface area contributed by atoms with Crippen molar-refractivity contribution in [3.63, 3.8) is 0 Å². The van der Waals surface area contributed by atoms with Crippen molar-refractivity contribution in [1.29, 1.82) is 0 Å². The van der Waals surface area contributed by atoms with Gasteiger partial charge in [0, 0.05) is 167 Å². The van der Waals surface area contributed by atoms with Gasteiger partial charge in [-0.3, -0.25) is 62.9 Å². The third-order valence-corrected chi connectivity index (χ3v) is 20.9. The van der Waals surface area contributed by atoms with E-state index in [2.05, 4.69) is 162 Å². The van der Waals surface area contributed by atoms with Gasteiger partial charge >= 0.3 is 0 Å². The number of aliphatic hydroxyl groups is 2. The van der Waals surface area contributed by atoms with Gasteiger partial charge in [-0.25, -0.2) is 0 Å². The second-order valence-electron chi connectivity index (χ2n) is 33.6. The van der Waals surface area contributed by atoms with E-state index in [0.717, 1.165) is 43.2 Å². The van der Waals surface area contributed by atoms with Crippen LogP contribution < -0.4 is 69.1 Å². The molecule has 0 radical (unpaired) electrons. The molecule has 10 atom stereocenters. The Kier molecular flexibility index (Phi) is 54.4. The van der Waals surface area contributed by atoms with Gasteiger partial charge in [-0.1, -0.05) is 99.4 Å². The Bertz CT molecular complexity index is 3570. The maximum Gasteiger partial charge on any atom is 0.248 e. The fraction of sp³-hybridized carbons (Fsp3) is 0.587. The molecule has 2 bridgehead atoms. The first-order valence-corrected chi connectivity index (χ1v) is 41.4. The van der Waals surface area contributed by atoms with E-state index < -0.39 is 17.1 Å². The van der Waals surface area contributed by atoms with Gasteiger partial charge in [0.25, 0.3) is 0 Å². The van der Waals surface area contributed by atoms with Gasteiger partial charge in [0.1, 0.15) is 13.0 Å². The van der Waals surface area contributed by atoms with E-state index in [-0.39, 0.29) is 127 Å². The van der Waals surface area contributed by atoms with Crippen LogP contribution in [0.15, 0.2) is 158 Å². The molecular formula is C92H151N13O17. The molecule has 0 spiro atoms. The monoisotopic (exact) mass is 1710 g/mol. The summed E-state index contributed by atoms with van der Waals surface area (Å²) in [4.78, 5) is 141. The van der Waals surface area contributed by atoms with E-state index in [1.165, 1.54) is 25.7 Å². The fourth-order valence-electron chi connectivity index (χ4n) is 13.0. The maximum absolute atomic E-state index is 12.0. The van der Waals surface area contributed by atoms with Gasteiger partial charge in [-0.05, 0) is 197 Å². The zero-order valence-corrected chi connectivity index (χ0v) is 76.7. The summed E-state index contributed by atoms with van der Waals surface area (Å²) in [5, 5.41) is 54.5. The summed E-state index contributed by atoms with van der Waals surface area (Å²) in [5.74, 6) is 1.58. The molecule has 0 aromatic heterocycles. The highest BCUT2D eigenvalue weighted by atomic mass is 16.5. The lowest BCUT2D eigenvalue weighted by molar-refractivity contribution is -0.120. The number of hydrogen-bond donors (Lipinski definition) is 15. The number of carbonyl (C=O) groups excluding carboxylic acids is 12. The largest absolute Gasteiger partial charge is 0.379 e. The summed E-state index contributed by atoms with van der Waals surface area (Å²) in [7, 11) is 0. The summed E-state index contributed by atoms with van der Waals surface area (Å²) < 4.78 is 17.9. The molecule has 15 N–H and O–H groups in total. The topological polar surface area (TPSA) is 429 Å². The Labute approximate surface area is 727 Å². The third-order valence-electron chi connectivity index (χ3n) is 20.9. The lowest BCUT2D eigenvalue weighted by atomic mass is 9.73. The van der Waals surface area contributed by atoms with Crippen molar-refractivity contribution in [2.45, 2.75) is 194 Å². The molecule has 0 aliphatic heterocycles. The predicted molar refractivity (Wildman–Crippen MR) is 483 cm³/mol. The number of ether oxygens (including phenoxy) is 3. The van der Waals surface area contributed by atoms with Crippen molar-refractivity contribution >= 4 is 70.9 Å². The van der Waals surface area contributed by atoms with Crippen LogP contribution in [0, 0.1) is 51.8 Å². The molecule has 12 amide bonds. The van der Waals surface area contributed by atoms with Crippen molar-refractivity contribution in [1.82, 2.24) is 69.1 Å². The van der Waals surface area contributed by atoms with E-state index in [0.29, 0.717) is 156 Å². The van der Waals surface area contributed by atoms with Crippen LogP contribution in [0.3, 0.4) is 0 Å². The van der Waals surface area contributed by atoms with Crippen molar-refractivity contribution in [3.8, 4) is 0 Å². The summed E-state index contributed by atoms with van der Waals surface area (Å²) in [6.07, 6.45) is 6.15. The average molecular weight is 1710 g/mol. The summed E-state index contributed by atoms with van der Waals surface area (Å²) in [6.45, 7) is 82.9. The van der Waals surface area contributed by atoms with Crippen LogP contribution in [0.2, 0.25) is 0 Å². The lowest BCUT2D eigenvalue weighted by Crippen LogP contribution is -2.57. The maximum atomic E-state index is 12.0. The minimum absolute atomic E-state index is 0.0120. The Balaban J connectivity index is 0. The second-order valence-corrected chi connectivity index (χ2v) is 33.6. The number of fused-ring (bicyclic) bond motifs is 5. The van der Waals surface area contributed by atoms with Crippen LogP contribution in [-0.2, 0) is 71.7 Å². The fourth-order valence-corrected chi connectivity index (χ4v) is 13.0. The van der Waals surface area contributed by atoms with E-state index in [1.807, 2.05) is 27.7 Å². The third kappa shape index (κ3) is 45.2. The number of nitrogens with one attached hydrogen (secondary N) is 13. The van der Waals surface area contributed by atoms with E-state index in [9.17, 15) is 62.6 Å². The minimum Gasteiger partial charge on any atom is -0.379 e. The number of carbonyl (C=O) groups is 12. The highest BCUT2D eigenvalue weighted by molar-refractivity contribution is 5.97. The molecule has 3 rings (SSSR count). The summed E-state index contributed by atoms with van der Waals surface area (Å²) in [5.41, 5.74) is 3.88. The average Bonchev–Trinajstić information content (AvgIpc) is 1.58. The van der Waals surface area contributed by atoms with Gasteiger partial charge in [0.05, 0.1) is 33.0 Å². The normalized spacial score (nSPS) is 17.1. The zero-order chi connectivity index (χ0) is 94.3. The molecule has 686 valence electrons. The van der Waals surface area contributed by atoms with Crippen LogP contribution in [0.4, 0.5) is 0 Å². The molecule has 0 saturated heterocycles. The molecule has 0 heterocycles. The van der Waals surface area contributed by atoms with E-state index in [1.54, 1.807) is 90.0 Å². The van der Waals surface area contributed by atoms with Crippen molar-refractivity contribution in [2.75, 3.05) is 105 Å². The van der Waals surface area contributed by atoms with Crippen LogP contribution >= 0.6 is 0 Å². The highest BCUT2D eigenvalue weighted by Crippen LogP contribution is 2.62. The van der Waals surface area contributed by atoms with Gasteiger partial charge in [0.15, 0.2) is 0 Å². The SMILES string of the molecule is C=C(C)C(=O)NC(C)COCCC(CC)(COCC(C)NC(=O)C(=C)C)COCC(C)NC(=O)C(=C)C.C=C(C)C(=O)NCC(CC)(CNC(=O)C(=C)C)CNC(=O)C(=C)C.C=C(C)C(=O)NCC(CNC(=O)C(=C)C)(CNC(=O)C(=C)C)CNC(O)C(=C)C.C=C(C)C(=O)NCC1CC2CC1C1CCC(CNC(=O)C(=C)C)C21.C=C(C)C(=O)NCO. The highest BCUT2D eigenvalue weighted by Gasteiger charge is 2.57. The first-order chi connectivity index (χ1) is 56.6. The predicted octanol–water partition coefficient (Wildman–Crippen LogP) is 7.36. The quantitative estimate of drug-likeness (QED) is 0.0122. The minimum atomic E-state index is -0.986. The van der Waals surface area contributed by atoms with Gasteiger partial charge < -0.3 is 88.2 Å². The Morgan fingerprint density at radius 1 is 0.352 bits per heavy atom. The zero-order valence-electron chi connectivity index (χ0n) is 76.7. The summed E-state index contributed by atoms with van der Waals surface area (Å²) in [6, 6.07) is -0.500. The van der Waals surface area contributed by atoms with Gasteiger partial charge in [-0.2, -0.15) is 0 Å². The smallest absolute Gasteiger partial charge is 0.248 e. The van der Waals surface area contributed by atoms with Crippen LogP contribution in [-0.4, -0.2) is 211 Å². The molecule has 10 unspecified atom stereocenters. The van der Waals surface area contributed by atoms with Crippen molar-refractivity contribution in [3.05, 3.63) is 158 Å². The molecule has 3 aliphatic carbocycles. The molecule has 3 aliphatic rings. The first kappa shape index (κ1) is 114. The van der Waals surface area contributed by atoms with Gasteiger partial charge in [0.2, 0.25) is 70.9 Å². The van der Waals surface area contributed by atoms with Crippen LogP contribution in [0.25, 0.3) is 0 Å². The molecule has 0 aromatic carbocycles. The molecule has 0 aromatic rings. The van der Waals surface area contributed by atoms with Crippen molar-refractivity contribution < 1.29 is 82.0 Å². The Morgan fingerprint density at radius 3 is 0.926 bits per heavy atom. The van der Waals surface area contributed by atoms with Crippen molar-refractivity contribution in [2.24, 2.45) is 51.8 Å². The molecule has 30 nitrogen and oxygen atoms in total. The number of rotatable bonds is 51. The molecule has 30 heteroatoms. The second kappa shape index (κ2) is 58.1. The lowest BCUT2D eigenvalue weighted by Gasteiger charge is -2.36. The number of amides is 12. The number of hydrogen-bond acceptors (Lipinski definition) is 18. The molecule has 122 heavy (non-hydrogen) atoms. The molecule has 3 fully saturated rings. The molecular weight excluding hydrogens is 1560 g/mol. The Hall–Kier alpha value is -9.98. The Morgan fingerprint density at radius 2 is 0.639 bits per heavy atom. The first-order valence-electron chi connectivity index (χ1n) is 41.4. The van der Waals surface area contributed by atoms with E-state index in [4.69, 9.17) is 19.3 Å². The van der Waals surface area contributed by atoms with Crippen LogP contribution in [0.1, 0.15) is 170 Å². The van der Waals surface area contributed by atoms with Gasteiger partial charge in [-0.15, -0.1) is 0 Å². The standard InChI is InChI=1S/C28H49N3O6.C21H34N4O4.C20H30N2O2.C18H29N3O3.C5H9NO2/c1-11-28(17-36-15-23(9)30-26(33)20(4)5,18-37-16-24(10)31-27(34)21(6)7)12-13-35-14-22(8)29-25(32)19(2)3;1-13(2)17(26)22-9-21(10-23-18(27)14(3)4,11-24-19(28)15(5)6)12-25-20(29)16(7)8;1-11(2)19(23)21-9-13-5-6-16-17-8-14(18(13)16)7-15(17)10-22-20(24)12(3)4;1-8-18(9-19-15(22)12(2)3,10-20-16(23)13(4)5)11-21-17(24)14(6)7;1-4(2)5(8)6-3-7/h22-24H,2,4,6,11-18H2,1,3,5,7-10H3,(H,29,32)(H,30,33)(H,31,34);17,22,26H,1,3,5,7,9-12H2,2,4,6,8H3,(H,23,27)(H,24,28)(H,25,29);13-18H,1,3,5-10H2,2,4H3,(H,21,23)(H,22,24);2,4,6,8-11H2,1,3,5,7H3,(H,19,22)(H,20,23)(H,21,24);7H,1,3H2,2H3,(H,6,8). The number of aliphatic hydroxyl groups excluding tert-OH is 2. The van der Waals surface area contributed by atoms with Crippen LogP contribution in [0.5, 0.6) is 0 Å². The van der Waals surface area contributed by atoms with E-state index >= 15 is 0 Å². The molecule has 3 saturated carbocycles. The summed E-state index contributed by atoms with van der Waals surface area (Å²) >= 11 is 0.